The molecule has 1 atom stereocenters. The first-order chi connectivity index (χ1) is 11.7. The molecular weight excluding hydrogens is 311 g/mol. The van der Waals surface area contributed by atoms with E-state index in [0.29, 0.717) is 17.8 Å². The van der Waals surface area contributed by atoms with Gasteiger partial charge in [-0.05, 0) is 29.8 Å². The minimum absolute atomic E-state index is 0.237. The van der Waals surface area contributed by atoms with Gasteiger partial charge in [-0.2, -0.15) is 10.2 Å². The molecule has 1 saturated heterocycles. The van der Waals surface area contributed by atoms with E-state index in [-0.39, 0.29) is 11.9 Å². The highest BCUT2D eigenvalue weighted by atomic mass is 19.1. The number of carbonyl (C=O) groups is 1. The van der Waals surface area contributed by atoms with Crippen LogP contribution in [0.15, 0.2) is 76.2 Å². The van der Waals surface area contributed by atoms with Gasteiger partial charge in [0.15, 0.2) is 5.70 Å². The van der Waals surface area contributed by atoms with Crippen LogP contribution in [0.5, 0.6) is 0 Å². The molecule has 24 heavy (non-hydrogen) atoms. The standard InChI is InChI=1S/C17H13FN4O2/c18-12-8-6-11(7-9-12)14-10-15(20-19-14)16-17(23)24-21-22(16)13-4-2-1-3-5-13/h1-9,14,21H,10H2. The van der Waals surface area contributed by atoms with Crippen LogP contribution in [0.3, 0.4) is 0 Å². The molecule has 1 N–H and O–H groups in total. The van der Waals surface area contributed by atoms with E-state index in [1.165, 1.54) is 12.1 Å². The fourth-order valence-corrected chi connectivity index (χ4v) is 2.70. The number of hydrogen-bond donors (Lipinski definition) is 1. The smallest absolute Gasteiger partial charge is 0.345 e. The SMILES string of the molecule is O=C1ONN(c2ccccc2)C1=C1CC(c2ccc(F)cc2)N=N1. The van der Waals surface area contributed by atoms with Crippen LogP contribution in [0.4, 0.5) is 10.1 Å². The Morgan fingerprint density at radius 1 is 1.12 bits per heavy atom. The monoisotopic (exact) mass is 324 g/mol. The lowest BCUT2D eigenvalue weighted by Crippen LogP contribution is -2.29. The number of carbonyl (C=O) groups excluding carboxylic acids is 1. The summed E-state index contributed by atoms with van der Waals surface area (Å²) in [5.41, 5.74) is 5.04. The number of rotatable bonds is 2. The number of nitrogens with one attached hydrogen (secondary N) is 1. The van der Waals surface area contributed by atoms with Gasteiger partial charge in [-0.25, -0.2) is 14.2 Å². The second kappa shape index (κ2) is 5.86. The van der Waals surface area contributed by atoms with Gasteiger partial charge in [0, 0.05) is 6.42 Å². The van der Waals surface area contributed by atoms with Crippen LogP contribution in [0, 0.1) is 5.82 Å². The molecule has 1 unspecified atom stereocenters. The van der Waals surface area contributed by atoms with E-state index in [1.807, 2.05) is 30.3 Å². The summed E-state index contributed by atoms with van der Waals surface area (Å²) in [6.07, 6.45) is 0.446. The largest absolute Gasteiger partial charge is 0.378 e. The van der Waals surface area contributed by atoms with Gasteiger partial charge in [0.05, 0.1) is 11.4 Å². The quantitative estimate of drug-likeness (QED) is 0.860. The molecule has 2 aromatic rings. The topological polar surface area (TPSA) is 66.3 Å². The summed E-state index contributed by atoms with van der Waals surface area (Å²) >= 11 is 0. The Morgan fingerprint density at radius 3 is 2.62 bits per heavy atom. The number of halogens is 1. The van der Waals surface area contributed by atoms with Crippen molar-refractivity contribution in [2.24, 2.45) is 10.2 Å². The number of hydrogen-bond acceptors (Lipinski definition) is 6. The van der Waals surface area contributed by atoms with Crippen molar-refractivity contribution in [3.8, 4) is 0 Å². The zero-order chi connectivity index (χ0) is 16.5. The summed E-state index contributed by atoms with van der Waals surface area (Å²) in [4.78, 5) is 17.0. The lowest BCUT2D eigenvalue weighted by atomic mass is 10.0. The second-order valence-corrected chi connectivity index (χ2v) is 5.43. The van der Waals surface area contributed by atoms with Crippen LogP contribution < -0.4 is 10.6 Å². The van der Waals surface area contributed by atoms with Crippen molar-refractivity contribution in [3.05, 3.63) is 77.4 Å². The molecule has 2 aliphatic heterocycles. The molecule has 0 spiro atoms. The zero-order valence-corrected chi connectivity index (χ0v) is 12.5. The molecule has 0 aromatic heterocycles. The van der Waals surface area contributed by atoms with E-state index in [0.717, 1.165) is 11.3 Å². The predicted molar refractivity (Wildman–Crippen MR) is 83.8 cm³/mol. The first-order valence-corrected chi connectivity index (χ1v) is 7.44. The molecule has 0 radical (unpaired) electrons. The van der Waals surface area contributed by atoms with Crippen molar-refractivity contribution in [2.75, 3.05) is 5.01 Å². The Kier molecular flexibility index (Phi) is 3.55. The molecule has 2 aromatic carbocycles. The maximum Gasteiger partial charge on any atom is 0.378 e. The number of nitrogens with zero attached hydrogens (tertiary/aromatic N) is 3. The van der Waals surface area contributed by atoms with E-state index in [2.05, 4.69) is 15.8 Å². The van der Waals surface area contributed by atoms with Crippen LogP contribution in [-0.2, 0) is 9.63 Å². The summed E-state index contributed by atoms with van der Waals surface area (Å²) in [5, 5.41) is 9.90. The van der Waals surface area contributed by atoms with Gasteiger partial charge in [0.25, 0.3) is 0 Å². The van der Waals surface area contributed by atoms with Gasteiger partial charge < -0.3 is 4.84 Å². The molecular formula is C17H13FN4O2. The van der Waals surface area contributed by atoms with Gasteiger partial charge in [0.2, 0.25) is 0 Å². The summed E-state index contributed by atoms with van der Waals surface area (Å²) in [7, 11) is 0. The molecule has 0 amide bonds. The Morgan fingerprint density at radius 2 is 1.88 bits per heavy atom. The highest BCUT2D eigenvalue weighted by Crippen LogP contribution is 2.36. The van der Waals surface area contributed by atoms with E-state index in [9.17, 15) is 9.18 Å². The Hall–Kier alpha value is -3.06. The third kappa shape index (κ3) is 2.55. The average molecular weight is 324 g/mol. The van der Waals surface area contributed by atoms with Crippen molar-refractivity contribution in [1.29, 1.82) is 0 Å². The summed E-state index contributed by atoms with van der Waals surface area (Å²) in [6.45, 7) is 0. The maximum atomic E-state index is 13.0. The molecule has 0 saturated carbocycles. The van der Waals surface area contributed by atoms with E-state index < -0.39 is 5.97 Å². The van der Waals surface area contributed by atoms with E-state index in [4.69, 9.17) is 4.84 Å². The maximum absolute atomic E-state index is 13.0. The summed E-state index contributed by atoms with van der Waals surface area (Å²) in [6, 6.07) is 15.2. The predicted octanol–water partition coefficient (Wildman–Crippen LogP) is 3.42. The number of hydrazine groups is 1. The normalized spacial score (nSPS) is 23.0. The van der Waals surface area contributed by atoms with Crippen molar-refractivity contribution in [2.45, 2.75) is 12.5 Å². The fourth-order valence-electron chi connectivity index (χ4n) is 2.70. The lowest BCUT2D eigenvalue weighted by Gasteiger charge is -2.16. The van der Waals surface area contributed by atoms with E-state index >= 15 is 0 Å². The number of benzene rings is 2. The van der Waals surface area contributed by atoms with Crippen molar-refractivity contribution in [3.63, 3.8) is 0 Å². The third-order valence-corrected chi connectivity index (χ3v) is 3.89. The lowest BCUT2D eigenvalue weighted by molar-refractivity contribution is -0.140. The van der Waals surface area contributed by atoms with Crippen molar-refractivity contribution in [1.82, 2.24) is 5.59 Å². The highest BCUT2D eigenvalue weighted by molar-refractivity contribution is 5.95. The molecule has 7 heteroatoms. The number of anilines is 1. The van der Waals surface area contributed by atoms with E-state index in [1.54, 1.807) is 17.1 Å². The molecule has 2 aliphatic rings. The molecule has 6 nitrogen and oxygen atoms in total. The molecule has 2 heterocycles. The zero-order valence-electron chi connectivity index (χ0n) is 12.5. The van der Waals surface area contributed by atoms with Crippen LogP contribution in [-0.4, -0.2) is 5.97 Å². The highest BCUT2D eigenvalue weighted by Gasteiger charge is 2.35. The number of para-hydroxylation sites is 1. The van der Waals surface area contributed by atoms with Gasteiger partial charge in [0.1, 0.15) is 11.9 Å². The van der Waals surface area contributed by atoms with Gasteiger partial charge in [-0.3, -0.25) is 0 Å². The Bertz CT molecular complexity index is 833. The fraction of sp³-hybridized carbons (Fsp3) is 0.118. The molecule has 120 valence electrons. The summed E-state index contributed by atoms with van der Waals surface area (Å²) in [5.74, 6) is -0.807. The van der Waals surface area contributed by atoms with Crippen LogP contribution >= 0.6 is 0 Å². The minimum Gasteiger partial charge on any atom is -0.345 e. The first-order valence-electron chi connectivity index (χ1n) is 7.44. The molecule has 0 aliphatic carbocycles. The van der Waals surface area contributed by atoms with Gasteiger partial charge >= 0.3 is 5.97 Å². The molecule has 4 rings (SSSR count). The van der Waals surface area contributed by atoms with Crippen LogP contribution in [0.25, 0.3) is 0 Å². The number of azo groups is 1. The van der Waals surface area contributed by atoms with Crippen LogP contribution in [0.1, 0.15) is 18.0 Å². The Balaban J connectivity index is 1.65. The van der Waals surface area contributed by atoms with Gasteiger partial charge in [-0.1, -0.05) is 35.9 Å². The summed E-state index contributed by atoms with van der Waals surface area (Å²) < 4.78 is 13.0. The molecule has 0 bridgehead atoms. The molecule has 1 fully saturated rings. The van der Waals surface area contributed by atoms with Crippen LogP contribution in [0.2, 0.25) is 0 Å². The average Bonchev–Trinajstić information content (AvgIpc) is 3.23. The minimum atomic E-state index is -0.507. The Labute approximate surface area is 137 Å². The second-order valence-electron chi connectivity index (χ2n) is 5.43. The van der Waals surface area contributed by atoms with Gasteiger partial charge in [-0.15, -0.1) is 0 Å². The third-order valence-electron chi connectivity index (χ3n) is 3.89. The van der Waals surface area contributed by atoms with Crippen molar-refractivity contribution < 1.29 is 14.0 Å². The van der Waals surface area contributed by atoms with Crippen molar-refractivity contribution >= 4 is 11.7 Å². The first kappa shape index (κ1) is 14.5.